The third kappa shape index (κ3) is 5.83. The van der Waals surface area contributed by atoms with E-state index in [9.17, 15) is 9.50 Å². The highest BCUT2D eigenvalue weighted by Gasteiger charge is 2.33. The number of likely N-dealkylation sites (tertiary alicyclic amines) is 1. The van der Waals surface area contributed by atoms with Crippen LogP contribution in [0.1, 0.15) is 17.5 Å². The molecule has 2 saturated heterocycles. The van der Waals surface area contributed by atoms with Crippen molar-refractivity contribution in [3.8, 4) is 5.75 Å². The number of aliphatic hydroxyl groups excluding tert-OH is 1. The fraction of sp³-hybridized carbons (Fsp3) is 0.520. The molecule has 2 aromatic rings. The van der Waals surface area contributed by atoms with Gasteiger partial charge in [-0.05, 0) is 24.5 Å². The molecule has 0 bridgehead atoms. The van der Waals surface area contributed by atoms with Gasteiger partial charge in [-0.1, -0.05) is 36.4 Å². The molecule has 168 valence electrons. The molecule has 0 aromatic heterocycles. The average molecular weight is 428 g/mol. The molecule has 1 N–H and O–H groups in total. The van der Waals surface area contributed by atoms with E-state index in [0.717, 1.165) is 52.1 Å². The third-order valence-electron chi connectivity index (χ3n) is 6.72. The van der Waals surface area contributed by atoms with E-state index in [4.69, 9.17) is 4.74 Å². The summed E-state index contributed by atoms with van der Waals surface area (Å²) >= 11 is 0. The Morgan fingerprint density at radius 3 is 2.45 bits per heavy atom. The van der Waals surface area contributed by atoms with Gasteiger partial charge in [0, 0.05) is 70.0 Å². The predicted octanol–water partition coefficient (Wildman–Crippen LogP) is 2.63. The number of hydrogen-bond donors (Lipinski definition) is 1. The lowest BCUT2D eigenvalue weighted by molar-refractivity contribution is -0.0309. The van der Waals surface area contributed by atoms with Gasteiger partial charge >= 0.3 is 0 Å². The maximum Gasteiger partial charge on any atom is 0.131 e. The first-order valence-electron chi connectivity index (χ1n) is 11.4. The van der Waals surface area contributed by atoms with E-state index < -0.39 is 6.10 Å². The molecule has 5 nitrogen and oxygen atoms in total. The van der Waals surface area contributed by atoms with Crippen molar-refractivity contribution in [3.05, 3.63) is 65.5 Å². The minimum atomic E-state index is -0.397. The zero-order chi connectivity index (χ0) is 21.6. The maximum atomic E-state index is 14.3. The summed E-state index contributed by atoms with van der Waals surface area (Å²) in [6, 6.07) is 15.8. The smallest absolute Gasteiger partial charge is 0.131 e. The van der Waals surface area contributed by atoms with E-state index in [1.165, 1.54) is 11.6 Å². The van der Waals surface area contributed by atoms with Crippen molar-refractivity contribution >= 4 is 0 Å². The molecule has 0 spiro atoms. The van der Waals surface area contributed by atoms with Crippen LogP contribution in [0.2, 0.25) is 0 Å². The van der Waals surface area contributed by atoms with Gasteiger partial charge in [0.1, 0.15) is 11.6 Å². The lowest BCUT2D eigenvalue weighted by atomic mass is 9.98. The second-order valence-electron chi connectivity index (χ2n) is 8.73. The molecule has 2 atom stereocenters. The number of methoxy groups -OCH3 is 1. The number of nitrogens with zero attached hydrogens (tertiary/aromatic N) is 3. The number of ether oxygens (including phenoxy) is 1. The second-order valence-corrected chi connectivity index (χ2v) is 8.73. The molecule has 4 rings (SSSR count). The lowest BCUT2D eigenvalue weighted by Crippen LogP contribution is -2.58. The van der Waals surface area contributed by atoms with Crippen molar-refractivity contribution in [1.29, 1.82) is 0 Å². The summed E-state index contributed by atoms with van der Waals surface area (Å²) < 4.78 is 19.4. The van der Waals surface area contributed by atoms with Crippen LogP contribution in [0.15, 0.2) is 48.5 Å². The Morgan fingerprint density at radius 1 is 1.00 bits per heavy atom. The number of hydrogen-bond acceptors (Lipinski definition) is 5. The zero-order valence-corrected chi connectivity index (χ0v) is 18.4. The minimum absolute atomic E-state index is 0.202. The Kier molecular flexibility index (Phi) is 7.56. The fourth-order valence-corrected chi connectivity index (χ4v) is 4.83. The highest BCUT2D eigenvalue weighted by molar-refractivity contribution is 5.29. The summed E-state index contributed by atoms with van der Waals surface area (Å²) in [5, 5.41) is 10.8. The normalized spacial score (nSPS) is 23.7. The molecule has 0 amide bonds. The summed E-state index contributed by atoms with van der Waals surface area (Å²) in [5.74, 6) is 0.283. The molecule has 2 aromatic carbocycles. The van der Waals surface area contributed by atoms with E-state index in [0.29, 0.717) is 24.4 Å². The van der Waals surface area contributed by atoms with Gasteiger partial charge in [0.2, 0.25) is 0 Å². The van der Waals surface area contributed by atoms with Crippen LogP contribution in [0.5, 0.6) is 5.75 Å². The van der Waals surface area contributed by atoms with Gasteiger partial charge in [-0.3, -0.25) is 9.80 Å². The summed E-state index contributed by atoms with van der Waals surface area (Å²) in [5.41, 5.74) is 2.04. The van der Waals surface area contributed by atoms with Gasteiger partial charge in [-0.25, -0.2) is 4.39 Å². The molecule has 0 radical (unpaired) electrons. The van der Waals surface area contributed by atoms with Crippen molar-refractivity contribution < 1.29 is 14.2 Å². The van der Waals surface area contributed by atoms with Crippen molar-refractivity contribution in [2.75, 3.05) is 52.9 Å². The summed E-state index contributed by atoms with van der Waals surface area (Å²) in [7, 11) is 1.54. The molecule has 31 heavy (non-hydrogen) atoms. The van der Waals surface area contributed by atoms with E-state index in [2.05, 4.69) is 45.0 Å². The van der Waals surface area contributed by atoms with Crippen LogP contribution in [0.3, 0.4) is 0 Å². The monoisotopic (exact) mass is 427 g/mol. The first kappa shape index (κ1) is 22.2. The van der Waals surface area contributed by atoms with Crippen molar-refractivity contribution in [2.24, 2.45) is 0 Å². The van der Waals surface area contributed by atoms with E-state index in [1.807, 2.05) is 0 Å². The number of β-amino-alcohol motifs (C(OH)–C–C–N with tert-alkyl or cyclic N) is 1. The Balaban J connectivity index is 1.22. The van der Waals surface area contributed by atoms with Gasteiger partial charge in [0.25, 0.3) is 0 Å². The number of halogens is 1. The van der Waals surface area contributed by atoms with Crippen LogP contribution in [0.25, 0.3) is 0 Å². The van der Waals surface area contributed by atoms with Crippen LogP contribution in [-0.4, -0.2) is 84.9 Å². The average Bonchev–Trinajstić information content (AvgIpc) is 2.80. The Morgan fingerprint density at radius 2 is 1.77 bits per heavy atom. The molecule has 0 unspecified atom stereocenters. The first-order chi connectivity index (χ1) is 15.1. The topological polar surface area (TPSA) is 39.2 Å². The standard InChI is InChI=1S/C25H34FN3O2/c1-31-22-8-7-21(23(26)17-22)18-28-12-10-24(25(30)19-28)29-15-13-27(14-16-29)11-9-20-5-3-2-4-6-20/h2-8,17,24-25,30H,9-16,18-19H2,1H3/t24-,25-/m1/s1. The molecular formula is C25H34FN3O2. The number of piperazine rings is 1. The molecule has 6 heteroatoms. The minimum Gasteiger partial charge on any atom is -0.497 e. The fourth-order valence-electron chi connectivity index (χ4n) is 4.83. The summed E-state index contributed by atoms with van der Waals surface area (Å²) in [4.78, 5) is 7.13. The molecule has 2 heterocycles. The SMILES string of the molecule is COc1ccc(CN2CC[C@@H](N3CCN(CCc4ccccc4)CC3)[C@H](O)C2)c(F)c1. The van der Waals surface area contributed by atoms with E-state index >= 15 is 0 Å². The maximum absolute atomic E-state index is 14.3. The molecule has 2 fully saturated rings. The molecule has 2 aliphatic heterocycles. The van der Waals surface area contributed by atoms with Gasteiger partial charge in [-0.15, -0.1) is 0 Å². The van der Waals surface area contributed by atoms with Crippen molar-refractivity contribution in [3.63, 3.8) is 0 Å². The second kappa shape index (κ2) is 10.6. The largest absolute Gasteiger partial charge is 0.497 e. The van der Waals surface area contributed by atoms with Gasteiger partial charge in [0.05, 0.1) is 13.2 Å². The van der Waals surface area contributed by atoms with Gasteiger partial charge in [-0.2, -0.15) is 0 Å². The predicted molar refractivity (Wildman–Crippen MR) is 121 cm³/mol. The number of aliphatic hydroxyl groups is 1. The molecule has 2 aliphatic rings. The van der Waals surface area contributed by atoms with Crippen LogP contribution in [-0.2, 0) is 13.0 Å². The van der Waals surface area contributed by atoms with E-state index in [-0.39, 0.29) is 11.9 Å². The third-order valence-corrected chi connectivity index (χ3v) is 6.72. The van der Waals surface area contributed by atoms with Crippen LogP contribution in [0.4, 0.5) is 4.39 Å². The van der Waals surface area contributed by atoms with Crippen molar-refractivity contribution in [2.45, 2.75) is 31.5 Å². The van der Waals surface area contributed by atoms with Gasteiger partial charge < -0.3 is 14.7 Å². The Bertz CT molecular complexity index is 827. The Hall–Kier alpha value is -1.99. The highest BCUT2D eigenvalue weighted by Crippen LogP contribution is 2.23. The lowest BCUT2D eigenvalue weighted by Gasteiger charge is -2.45. The first-order valence-corrected chi connectivity index (χ1v) is 11.4. The summed E-state index contributed by atoms with van der Waals surface area (Å²) in [6.07, 6.45) is 1.61. The quantitative estimate of drug-likeness (QED) is 0.736. The van der Waals surface area contributed by atoms with Crippen LogP contribution in [0, 0.1) is 5.82 Å². The summed E-state index contributed by atoms with van der Waals surface area (Å²) in [6.45, 7) is 7.19. The number of piperidine rings is 1. The Labute approximate surface area is 185 Å². The van der Waals surface area contributed by atoms with E-state index in [1.54, 1.807) is 19.2 Å². The highest BCUT2D eigenvalue weighted by atomic mass is 19.1. The number of rotatable bonds is 7. The van der Waals surface area contributed by atoms with Crippen LogP contribution >= 0.6 is 0 Å². The molecule has 0 saturated carbocycles. The van der Waals surface area contributed by atoms with Crippen molar-refractivity contribution in [1.82, 2.24) is 14.7 Å². The molecular weight excluding hydrogens is 393 g/mol. The zero-order valence-electron chi connectivity index (χ0n) is 18.4. The van der Waals surface area contributed by atoms with Crippen LogP contribution < -0.4 is 4.74 Å². The number of benzene rings is 2. The van der Waals surface area contributed by atoms with Gasteiger partial charge in [0.15, 0.2) is 0 Å². The molecule has 0 aliphatic carbocycles.